The Morgan fingerprint density at radius 2 is 2.25 bits per heavy atom. The van der Waals surface area contributed by atoms with Crippen molar-refractivity contribution in [3.8, 4) is 0 Å². The average molecular weight is 297 g/mol. The first-order valence-corrected chi connectivity index (χ1v) is 6.78. The van der Waals surface area contributed by atoms with Gasteiger partial charge in [0.2, 0.25) is 0 Å². The zero-order chi connectivity index (χ0) is 11.5. The van der Waals surface area contributed by atoms with E-state index in [1.54, 1.807) is 17.5 Å². The van der Waals surface area contributed by atoms with E-state index in [0.29, 0.717) is 0 Å². The van der Waals surface area contributed by atoms with E-state index in [1.807, 2.05) is 6.20 Å². The summed E-state index contributed by atoms with van der Waals surface area (Å²) in [5.41, 5.74) is 9.86. The molecule has 2 rings (SSSR count). The molecular weight excluding hydrogens is 284 g/mol. The van der Waals surface area contributed by atoms with Crippen LogP contribution < -0.4 is 5.73 Å². The number of aromatic nitrogens is 1. The topological polar surface area (TPSA) is 38.9 Å². The van der Waals surface area contributed by atoms with Crippen LogP contribution >= 0.6 is 27.3 Å². The number of hydrogen-bond donors (Lipinski definition) is 1. The highest BCUT2D eigenvalue weighted by molar-refractivity contribution is 9.10. The van der Waals surface area contributed by atoms with Crippen molar-refractivity contribution in [2.45, 2.75) is 19.4 Å². The van der Waals surface area contributed by atoms with Gasteiger partial charge in [0.1, 0.15) is 0 Å². The van der Waals surface area contributed by atoms with Gasteiger partial charge in [-0.1, -0.05) is 0 Å². The maximum Gasteiger partial charge on any atom is 0.0410 e. The van der Waals surface area contributed by atoms with Crippen molar-refractivity contribution in [2.24, 2.45) is 5.73 Å². The molecule has 0 bridgehead atoms. The van der Waals surface area contributed by atoms with Gasteiger partial charge in [0, 0.05) is 22.9 Å². The van der Waals surface area contributed by atoms with E-state index in [-0.39, 0.29) is 6.04 Å². The Balaban J connectivity index is 2.14. The fourth-order valence-electron chi connectivity index (χ4n) is 1.68. The lowest BCUT2D eigenvalue weighted by Gasteiger charge is -2.11. The molecule has 0 saturated carbocycles. The molecule has 2 aromatic heterocycles. The summed E-state index contributed by atoms with van der Waals surface area (Å²) in [5, 5.41) is 4.26. The quantitative estimate of drug-likeness (QED) is 0.942. The van der Waals surface area contributed by atoms with Gasteiger partial charge in [-0.25, -0.2) is 0 Å². The van der Waals surface area contributed by atoms with E-state index >= 15 is 0 Å². The van der Waals surface area contributed by atoms with Crippen LogP contribution in [0.3, 0.4) is 0 Å². The largest absolute Gasteiger partial charge is 0.324 e. The third-order valence-corrected chi connectivity index (χ3v) is 3.83. The van der Waals surface area contributed by atoms with Crippen LogP contribution in [0.2, 0.25) is 0 Å². The fraction of sp³-hybridized carbons (Fsp3) is 0.250. The van der Waals surface area contributed by atoms with Crippen molar-refractivity contribution in [2.75, 3.05) is 0 Å². The normalized spacial score (nSPS) is 12.7. The third kappa shape index (κ3) is 2.70. The van der Waals surface area contributed by atoms with Crippen LogP contribution in [0.5, 0.6) is 0 Å². The molecular formula is C12H13BrN2S. The Bertz CT molecular complexity index is 481. The molecule has 2 N–H and O–H groups in total. The molecule has 1 atom stereocenters. The van der Waals surface area contributed by atoms with Gasteiger partial charge in [0.15, 0.2) is 0 Å². The van der Waals surface area contributed by atoms with Crippen LogP contribution in [0.15, 0.2) is 33.7 Å². The number of nitrogens with zero attached hydrogens (tertiary/aromatic N) is 1. The Hall–Kier alpha value is -0.710. The molecule has 84 valence electrons. The van der Waals surface area contributed by atoms with Crippen LogP contribution in [0.4, 0.5) is 0 Å². The summed E-state index contributed by atoms with van der Waals surface area (Å²) in [7, 11) is 0. The van der Waals surface area contributed by atoms with Gasteiger partial charge in [0.05, 0.1) is 0 Å². The van der Waals surface area contributed by atoms with Gasteiger partial charge >= 0.3 is 0 Å². The molecule has 0 amide bonds. The van der Waals surface area contributed by atoms with Crippen LogP contribution in [0.25, 0.3) is 0 Å². The molecule has 0 spiro atoms. The molecule has 1 unspecified atom stereocenters. The number of rotatable bonds is 3. The predicted molar refractivity (Wildman–Crippen MR) is 71.6 cm³/mol. The molecule has 0 aliphatic carbocycles. The monoisotopic (exact) mass is 296 g/mol. The minimum Gasteiger partial charge on any atom is -0.324 e. The van der Waals surface area contributed by atoms with Crippen molar-refractivity contribution in [1.29, 1.82) is 0 Å². The van der Waals surface area contributed by atoms with E-state index in [4.69, 9.17) is 5.73 Å². The van der Waals surface area contributed by atoms with Crippen molar-refractivity contribution in [3.05, 3.63) is 50.4 Å². The summed E-state index contributed by atoms with van der Waals surface area (Å²) in [6.45, 7) is 2.10. The van der Waals surface area contributed by atoms with Crippen LogP contribution in [-0.4, -0.2) is 4.98 Å². The Labute approximate surface area is 108 Å². The second-order valence-electron chi connectivity index (χ2n) is 3.83. The molecule has 0 saturated heterocycles. The second kappa shape index (κ2) is 5.08. The van der Waals surface area contributed by atoms with Gasteiger partial charge in [-0.2, -0.15) is 11.3 Å². The van der Waals surface area contributed by atoms with Gasteiger partial charge in [-0.05, 0) is 62.8 Å². The lowest BCUT2D eigenvalue weighted by molar-refractivity contribution is 0.717. The third-order valence-electron chi connectivity index (χ3n) is 2.51. The predicted octanol–water partition coefficient (Wildman–Crippen LogP) is 3.46. The lowest BCUT2D eigenvalue weighted by atomic mass is 10.0. The molecule has 0 aromatic carbocycles. The first-order chi connectivity index (χ1) is 7.66. The molecule has 0 aliphatic rings. The highest BCUT2D eigenvalue weighted by Gasteiger charge is 2.10. The number of hydrogen-bond acceptors (Lipinski definition) is 3. The number of nitrogens with two attached hydrogens (primary N) is 1. The van der Waals surface area contributed by atoms with Crippen molar-refractivity contribution in [1.82, 2.24) is 4.98 Å². The van der Waals surface area contributed by atoms with E-state index in [9.17, 15) is 0 Å². The summed E-state index contributed by atoms with van der Waals surface area (Å²) < 4.78 is 0.999. The molecule has 0 fully saturated rings. The van der Waals surface area contributed by atoms with Crippen molar-refractivity contribution in [3.63, 3.8) is 0 Å². The molecule has 0 aliphatic heterocycles. The van der Waals surface area contributed by atoms with Crippen LogP contribution in [-0.2, 0) is 6.42 Å². The highest BCUT2D eigenvalue weighted by Crippen LogP contribution is 2.23. The Morgan fingerprint density at radius 3 is 2.88 bits per heavy atom. The molecule has 2 aromatic rings. The van der Waals surface area contributed by atoms with Crippen LogP contribution in [0.1, 0.15) is 22.7 Å². The summed E-state index contributed by atoms with van der Waals surface area (Å²) in [6.07, 6.45) is 4.47. The minimum atomic E-state index is 0.0577. The smallest absolute Gasteiger partial charge is 0.0410 e. The number of thiophene rings is 1. The highest BCUT2D eigenvalue weighted by atomic mass is 79.9. The van der Waals surface area contributed by atoms with Crippen molar-refractivity contribution < 1.29 is 0 Å². The van der Waals surface area contributed by atoms with Gasteiger partial charge < -0.3 is 5.73 Å². The minimum absolute atomic E-state index is 0.0577. The molecule has 0 radical (unpaired) electrons. The van der Waals surface area contributed by atoms with E-state index in [2.05, 4.69) is 44.7 Å². The summed E-state index contributed by atoms with van der Waals surface area (Å²) >= 11 is 5.12. The average Bonchev–Trinajstić information content (AvgIpc) is 2.64. The van der Waals surface area contributed by atoms with E-state index < -0.39 is 0 Å². The number of aryl methyl sites for hydroxylation is 1. The molecule has 2 heterocycles. The SMILES string of the molecule is Cc1cscc1C(N)Cc1cncc(Br)c1. The summed E-state index contributed by atoms with van der Waals surface area (Å²) in [5.74, 6) is 0. The van der Waals surface area contributed by atoms with Gasteiger partial charge in [0.25, 0.3) is 0 Å². The summed E-state index contributed by atoms with van der Waals surface area (Å²) in [6, 6.07) is 2.12. The zero-order valence-corrected chi connectivity index (χ0v) is 11.4. The number of halogens is 1. The van der Waals surface area contributed by atoms with Crippen LogP contribution in [0, 0.1) is 6.92 Å². The molecule has 16 heavy (non-hydrogen) atoms. The summed E-state index contributed by atoms with van der Waals surface area (Å²) in [4.78, 5) is 4.14. The first-order valence-electron chi connectivity index (χ1n) is 5.04. The van der Waals surface area contributed by atoms with E-state index in [0.717, 1.165) is 16.5 Å². The Kier molecular flexibility index (Phi) is 3.74. The molecule has 4 heteroatoms. The van der Waals surface area contributed by atoms with E-state index in [1.165, 1.54) is 11.1 Å². The second-order valence-corrected chi connectivity index (χ2v) is 5.49. The Morgan fingerprint density at radius 1 is 1.44 bits per heavy atom. The first kappa shape index (κ1) is 11.8. The maximum atomic E-state index is 6.19. The lowest BCUT2D eigenvalue weighted by Crippen LogP contribution is -2.13. The van der Waals surface area contributed by atoms with Gasteiger partial charge in [-0.3, -0.25) is 4.98 Å². The van der Waals surface area contributed by atoms with Gasteiger partial charge in [-0.15, -0.1) is 0 Å². The maximum absolute atomic E-state index is 6.19. The standard InChI is InChI=1S/C12H13BrN2S/c1-8-6-16-7-11(8)12(14)3-9-2-10(13)5-15-4-9/h2,4-7,12H,3,14H2,1H3. The zero-order valence-electron chi connectivity index (χ0n) is 8.98. The molecule has 2 nitrogen and oxygen atoms in total. The van der Waals surface area contributed by atoms with Crippen molar-refractivity contribution >= 4 is 27.3 Å². The number of pyridine rings is 1. The fourth-order valence-corrected chi connectivity index (χ4v) is 3.01.